The fourth-order valence-corrected chi connectivity index (χ4v) is 6.04. The van der Waals surface area contributed by atoms with Crippen molar-refractivity contribution in [2.24, 2.45) is 5.92 Å². The van der Waals surface area contributed by atoms with Crippen LogP contribution in [0.5, 0.6) is 11.5 Å². The number of carbonyl (C=O) groups excluding carboxylic acids is 1. The highest BCUT2D eigenvalue weighted by molar-refractivity contribution is 6.33. The van der Waals surface area contributed by atoms with Crippen molar-refractivity contribution in [1.29, 1.82) is 0 Å². The Morgan fingerprint density at radius 1 is 1.14 bits per heavy atom. The summed E-state index contributed by atoms with van der Waals surface area (Å²) in [4.78, 5) is 23.1. The predicted octanol–water partition coefficient (Wildman–Crippen LogP) is 8.01. The minimum atomic E-state index is -0.500. The van der Waals surface area contributed by atoms with Gasteiger partial charge in [0.25, 0.3) is 5.91 Å². The Morgan fingerprint density at radius 2 is 1.95 bits per heavy atom. The van der Waals surface area contributed by atoms with E-state index in [0.717, 1.165) is 47.9 Å². The lowest BCUT2D eigenvalue weighted by Gasteiger charge is -2.20. The largest absolute Gasteiger partial charge is 0.490 e. The Labute approximate surface area is 253 Å². The van der Waals surface area contributed by atoms with Crippen LogP contribution in [0.4, 0.5) is 4.39 Å². The number of hydrogen-bond acceptors (Lipinski definition) is 5. The van der Waals surface area contributed by atoms with Crippen LogP contribution in [0.1, 0.15) is 71.6 Å². The molecule has 2 saturated carbocycles. The summed E-state index contributed by atoms with van der Waals surface area (Å²) in [6.45, 7) is 4.93. The van der Waals surface area contributed by atoms with Crippen LogP contribution < -0.4 is 14.8 Å². The van der Waals surface area contributed by atoms with E-state index in [4.69, 9.17) is 37.7 Å². The van der Waals surface area contributed by atoms with Crippen LogP contribution in [0.2, 0.25) is 10.2 Å². The van der Waals surface area contributed by atoms with E-state index in [2.05, 4.69) is 23.3 Å². The fraction of sp³-hybridized carbons (Fsp3) is 0.364. The smallest absolute Gasteiger partial charge is 0.251 e. The number of hydrogen-bond donors (Lipinski definition) is 1. The van der Waals surface area contributed by atoms with Crippen LogP contribution in [0.3, 0.4) is 0 Å². The van der Waals surface area contributed by atoms with Gasteiger partial charge in [0.15, 0.2) is 0 Å². The first-order chi connectivity index (χ1) is 20.3. The number of aromatic nitrogens is 2. The Morgan fingerprint density at radius 3 is 2.71 bits per heavy atom. The van der Waals surface area contributed by atoms with Crippen LogP contribution in [0.15, 0.2) is 42.5 Å². The summed E-state index contributed by atoms with van der Waals surface area (Å²) in [6.07, 6.45) is 4.23. The number of rotatable bonds is 8. The molecule has 2 fully saturated rings. The highest BCUT2D eigenvalue weighted by Crippen LogP contribution is 2.47. The van der Waals surface area contributed by atoms with Crippen LogP contribution in [-0.4, -0.2) is 35.1 Å². The molecule has 4 aromatic rings. The van der Waals surface area contributed by atoms with Gasteiger partial charge >= 0.3 is 0 Å². The zero-order valence-electron chi connectivity index (χ0n) is 23.3. The lowest BCUT2D eigenvalue weighted by molar-refractivity contribution is 0.0949. The third-order valence-electron chi connectivity index (χ3n) is 8.38. The average molecular weight is 607 g/mol. The fourth-order valence-electron chi connectivity index (χ4n) is 5.69. The third-order valence-corrected chi connectivity index (χ3v) is 9.15. The molecule has 7 rings (SSSR count). The molecule has 0 saturated heterocycles. The van der Waals surface area contributed by atoms with Crippen LogP contribution in [0.25, 0.3) is 22.2 Å². The van der Waals surface area contributed by atoms with Crippen molar-refractivity contribution in [1.82, 2.24) is 15.3 Å². The molecular formula is C33H30Cl2FN3O3. The molecule has 1 amide bonds. The summed E-state index contributed by atoms with van der Waals surface area (Å²) in [5.74, 6) is 1.08. The number of fused-ring (bicyclic) bond motifs is 2. The second kappa shape index (κ2) is 10.7. The molecule has 0 radical (unpaired) electrons. The summed E-state index contributed by atoms with van der Waals surface area (Å²) in [5.41, 5.74) is 4.94. The van der Waals surface area contributed by atoms with Gasteiger partial charge in [0.2, 0.25) is 0 Å². The Bertz CT molecular complexity index is 1740. The van der Waals surface area contributed by atoms with Gasteiger partial charge in [-0.05, 0) is 74.4 Å². The van der Waals surface area contributed by atoms with Gasteiger partial charge in [0.05, 0.1) is 17.7 Å². The van der Waals surface area contributed by atoms with Crippen molar-refractivity contribution in [3.8, 4) is 22.8 Å². The molecule has 0 unspecified atom stereocenters. The summed E-state index contributed by atoms with van der Waals surface area (Å²) < 4.78 is 26.6. The van der Waals surface area contributed by atoms with E-state index in [0.29, 0.717) is 58.1 Å². The number of ether oxygens (including phenoxy) is 2. The topological polar surface area (TPSA) is 73.3 Å². The molecule has 216 valence electrons. The number of carbonyl (C=O) groups is 1. The van der Waals surface area contributed by atoms with E-state index in [1.54, 1.807) is 18.2 Å². The van der Waals surface area contributed by atoms with Crippen molar-refractivity contribution in [3.05, 3.63) is 80.8 Å². The maximum Gasteiger partial charge on any atom is 0.251 e. The van der Waals surface area contributed by atoms with E-state index in [1.807, 2.05) is 19.1 Å². The van der Waals surface area contributed by atoms with Gasteiger partial charge < -0.3 is 14.8 Å². The molecule has 2 aromatic heterocycles. The van der Waals surface area contributed by atoms with Crippen LogP contribution in [0, 0.1) is 18.7 Å². The van der Waals surface area contributed by atoms with Gasteiger partial charge in [-0.2, -0.15) is 0 Å². The third kappa shape index (κ3) is 5.18. The first-order valence-electron chi connectivity index (χ1n) is 14.4. The highest BCUT2D eigenvalue weighted by Gasteiger charge is 2.36. The lowest BCUT2D eigenvalue weighted by atomic mass is 9.93. The molecule has 2 aliphatic carbocycles. The maximum absolute atomic E-state index is 14.4. The lowest BCUT2D eigenvalue weighted by Crippen LogP contribution is -2.29. The van der Waals surface area contributed by atoms with Gasteiger partial charge in [-0.15, -0.1) is 0 Å². The molecule has 3 aliphatic rings. The van der Waals surface area contributed by atoms with Crippen molar-refractivity contribution in [3.63, 3.8) is 0 Å². The van der Waals surface area contributed by atoms with E-state index in [1.165, 1.54) is 6.07 Å². The summed E-state index contributed by atoms with van der Waals surface area (Å²) in [6, 6.07) is 12.4. The zero-order chi connectivity index (χ0) is 29.1. The molecule has 9 heteroatoms. The van der Waals surface area contributed by atoms with E-state index < -0.39 is 5.82 Å². The first-order valence-corrected chi connectivity index (χ1v) is 15.2. The average Bonchev–Trinajstić information content (AvgIpc) is 3.91. The summed E-state index contributed by atoms with van der Waals surface area (Å²) in [7, 11) is 0. The Balaban J connectivity index is 1.20. The quantitative estimate of drug-likeness (QED) is 0.206. The molecule has 2 aromatic carbocycles. The van der Waals surface area contributed by atoms with Crippen molar-refractivity contribution >= 4 is 40.0 Å². The van der Waals surface area contributed by atoms with E-state index >= 15 is 0 Å². The monoisotopic (exact) mass is 605 g/mol. The molecule has 42 heavy (non-hydrogen) atoms. The number of nitrogens with one attached hydrogen (secondary N) is 1. The number of amides is 1. The zero-order valence-corrected chi connectivity index (χ0v) is 24.9. The second-order valence-corrected chi connectivity index (χ2v) is 12.5. The predicted molar refractivity (Wildman–Crippen MR) is 161 cm³/mol. The van der Waals surface area contributed by atoms with Gasteiger partial charge in [0, 0.05) is 46.2 Å². The molecule has 1 N–H and O–H groups in total. The van der Waals surface area contributed by atoms with E-state index in [9.17, 15) is 9.18 Å². The van der Waals surface area contributed by atoms with Crippen LogP contribution >= 0.6 is 23.2 Å². The van der Waals surface area contributed by atoms with E-state index in [-0.39, 0.29) is 28.9 Å². The standard InChI is InChI=1S/C33H30Cl2FN3O3/c1-16-10-19-11-20(12-27(42-21-8-9-21)29(19)39-32(16)35)33(40)37-14-24(18-6-7-18)26-13-23-17(2)15-41-31(23)30(38-26)22-4-3-5-25(36)28(22)34/h3-5,10-13,17-18,21,24H,6-9,14-15H2,1-2H3,(H,37,40)/t17-,24+/m1/s1. The molecule has 1 aliphatic heterocycles. The Hall–Kier alpha value is -3.42. The van der Waals surface area contributed by atoms with Gasteiger partial charge in [-0.1, -0.05) is 42.3 Å². The van der Waals surface area contributed by atoms with Gasteiger partial charge in [-0.25, -0.2) is 14.4 Å². The summed E-state index contributed by atoms with van der Waals surface area (Å²) in [5, 5.41) is 4.42. The Kier molecular flexibility index (Phi) is 6.98. The number of pyridine rings is 2. The van der Waals surface area contributed by atoms with Crippen molar-refractivity contribution < 1.29 is 18.7 Å². The first kappa shape index (κ1) is 27.4. The molecule has 2 atom stereocenters. The number of halogens is 3. The van der Waals surface area contributed by atoms with Crippen molar-refractivity contribution in [2.75, 3.05) is 13.2 Å². The maximum atomic E-state index is 14.4. The van der Waals surface area contributed by atoms with Gasteiger partial charge in [0.1, 0.15) is 33.7 Å². The number of benzene rings is 2. The number of aryl methyl sites for hydroxylation is 1. The highest BCUT2D eigenvalue weighted by atomic mass is 35.5. The molecular weight excluding hydrogens is 576 g/mol. The summed E-state index contributed by atoms with van der Waals surface area (Å²) >= 11 is 12.7. The molecule has 3 heterocycles. The second-order valence-electron chi connectivity index (χ2n) is 11.7. The molecule has 0 spiro atoms. The minimum Gasteiger partial charge on any atom is -0.490 e. The number of nitrogens with zero attached hydrogens (tertiary/aromatic N) is 2. The SMILES string of the molecule is Cc1cc2cc(C(=O)NC[C@H](c3cc4c(c(-c5cccc(F)c5Cl)n3)OC[C@H]4C)C3CC3)cc(OC3CC3)c2nc1Cl. The molecule has 6 nitrogen and oxygen atoms in total. The molecule has 0 bridgehead atoms. The normalized spacial score (nSPS) is 18.5. The van der Waals surface area contributed by atoms with Crippen LogP contribution in [-0.2, 0) is 0 Å². The van der Waals surface area contributed by atoms with Crippen molar-refractivity contribution in [2.45, 2.75) is 57.5 Å². The minimum absolute atomic E-state index is 0.0107. The van der Waals surface area contributed by atoms with Gasteiger partial charge in [-0.3, -0.25) is 4.79 Å².